The number of hydrogen-bond donors (Lipinski definition) is 3. The molecule has 9 heteroatoms. The molecule has 0 spiro atoms. The summed E-state index contributed by atoms with van der Waals surface area (Å²) in [7, 11) is 0. The third kappa shape index (κ3) is 5.40. The van der Waals surface area contributed by atoms with Crippen LogP contribution in [0.15, 0.2) is 47.8 Å². The number of anilines is 3. The Labute approximate surface area is 176 Å². The van der Waals surface area contributed by atoms with E-state index in [1.807, 2.05) is 6.92 Å². The molecule has 2 aromatic carbocycles. The Bertz CT molecular complexity index is 1100. The summed E-state index contributed by atoms with van der Waals surface area (Å²) in [6.45, 7) is 3.25. The molecule has 0 fully saturated rings. The summed E-state index contributed by atoms with van der Waals surface area (Å²) < 4.78 is 0. The van der Waals surface area contributed by atoms with Crippen molar-refractivity contribution in [3.05, 3.63) is 69.1 Å². The van der Waals surface area contributed by atoms with Gasteiger partial charge >= 0.3 is 0 Å². The van der Waals surface area contributed by atoms with E-state index in [-0.39, 0.29) is 27.9 Å². The standard InChI is InChI=1S/C20H17ClN4O3S/c1-11-6-7-13(8-16(11)22-12(2)26)18(27)23-14-4-3-5-15(9-14)24-19(28)20-25-17(21)10-29-20/h3-10H,1-2H3,(H,22,26)(H,23,27)(H,24,28). The Balaban J connectivity index is 1.72. The molecular weight excluding hydrogens is 412 g/mol. The first kappa shape index (κ1) is 20.5. The summed E-state index contributed by atoms with van der Waals surface area (Å²) in [5.41, 5.74) is 2.83. The summed E-state index contributed by atoms with van der Waals surface area (Å²) in [5, 5.41) is 10.3. The quantitative estimate of drug-likeness (QED) is 0.554. The SMILES string of the molecule is CC(=O)Nc1cc(C(=O)Nc2cccc(NC(=O)c3nc(Cl)cs3)c2)ccc1C. The zero-order valence-corrected chi connectivity index (χ0v) is 17.1. The minimum atomic E-state index is -0.385. The number of nitrogens with one attached hydrogen (secondary N) is 3. The number of hydrogen-bond acceptors (Lipinski definition) is 5. The van der Waals surface area contributed by atoms with Gasteiger partial charge in [-0.25, -0.2) is 4.98 Å². The van der Waals surface area contributed by atoms with Crippen LogP contribution < -0.4 is 16.0 Å². The fraction of sp³-hybridized carbons (Fsp3) is 0.100. The molecule has 1 aromatic heterocycles. The first-order valence-corrected chi connectivity index (χ1v) is 9.79. The Morgan fingerprint density at radius 2 is 1.66 bits per heavy atom. The number of nitrogens with zero attached hydrogens (tertiary/aromatic N) is 1. The summed E-state index contributed by atoms with van der Waals surface area (Å²) in [6.07, 6.45) is 0. The number of halogens is 1. The molecule has 3 aromatic rings. The van der Waals surface area contributed by atoms with Crippen LogP contribution >= 0.6 is 22.9 Å². The van der Waals surface area contributed by atoms with Crippen molar-refractivity contribution in [1.82, 2.24) is 4.98 Å². The number of thiazole rings is 1. The molecule has 1 heterocycles. The van der Waals surface area contributed by atoms with Gasteiger partial charge in [-0.15, -0.1) is 11.3 Å². The van der Waals surface area contributed by atoms with Gasteiger partial charge in [-0.05, 0) is 42.8 Å². The van der Waals surface area contributed by atoms with Crippen LogP contribution in [0.5, 0.6) is 0 Å². The highest BCUT2D eigenvalue weighted by molar-refractivity contribution is 7.12. The summed E-state index contributed by atoms with van der Waals surface area (Å²) >= 11 is 6.89. The number of aromatic nitrogens is 1. The van der Waals surface area contributed by atoms with Crippen LogP contribution in [-0.4, -0.2) is 22.7 Å². The summed E-state index contributed by atoms with van der Waals surface area (Å²) in [6, 6.07) is 11.8. The molecule has 3 rings (SSSR count). The lowest BCUT2D eigenvalue weighted by atomic mass is 10.1. The average Bonchev–Trinajstić information content (AvgIpc) is 3.10. The predicted octanol–water partition coefficient (Wildman–Crippen LogP) is 4.57. The van der Waals surface area contributed by atoms with Crippen molar-refractivity contribution in [1.29, 1.82) is 0 Å². The van der Waals surface area contributed by atoms with Crippen molar-refractivity contribution in [3.8, 4) is 0 Å². The second-order valence-corrected chi connectivity index (χ2v) is 7.42. The third-order valence-electron chi connectivity index (χ3n) is 3.86. The number of rotatable bonds is 5. The van der Waals surface area contributed by atoms with Crippen molar-refractivity contribution in [2.75, 3.05) is 16.0 Å². The van der Waals surface area contributed by atoms with Crippen LogP contribution in [0, 0.1) is 6.92 Å². The maximum atomic E-state index is 12.6. The van der Waals surface area contributed by atoms with Crippen molar-refractivity contribution in [2.24, 2.45) is 0 Å². The highest BCUT2D eigenvalue weighted by atomic mass is 35.5. The first-order chi connectivity index (χ1) is 13.8. The van der Waals surface area contributed by atoms with E-state index in [0.717, 1.165) is 16.9 Å². The Morgan fingerprint density at radius 3 is 2.28 bits per heavy atom. The number of amides is 3. The molecule has 7 nitrogen and oxygen atoms in total. The molecule has 0 bridgehead atoms. The van der Waals surface area contributed by atoms with E-state index >= 15 is 0 Å². The third-order valence-corrected chi connectivity index (χ3v) is 5.02. The van der Waals surface area contributed by atoms with Gasteiger partial charge in [0.2, 0.25) is 5.91 Å². The normalized spacial score (nSPS) is 10.3. The van der Waals surface area contributed by atoms with Gasteiger partial charge in [0.05, 0.1) is 0 Å². The number of carbonyl (C=O) groups excluding carboxylic acids is 3. The molecule has 0 saturated heterocycles. The average molecular weight is 429 g/mol. The fourth-order valence-electron chi connectivity index (χ4n) is 2.51. The Hall–Kier alpha value is -3.23. The minimum Gasteiger partial charge on any atom is -0.326 e. The monoisotopic (exact) mass is 428 g/mol. The molecule has 0 aliphatic carbocycles. The lowest BCUT2D eigenvalue weighted by Crippen LogP contribution is -2.15. The van der Waals surface area contributed by atoms with Crippen molar-refractivity contribution < 1.29 is 14.4 Å². The second-order valence-electron chi connectivity index (χ2n) is 6.18. The Morgan fingerprint density at radius 1 is 0.966 bits per heavy atom. The highest BCUT2D eigenvalue weighted by Crippen LogP contribution is 2.21. The molecule has 0 aliphatic heterocycles. The lowest BCUT2D eigenvalue weighted by molar-refractivity contribution is -0.114. The van der Waals surface area contributed by atoms with Crippen molar-refractivity contribution in [2.45, 2.75) is 13.8 Å². The van der Waals surface area contributed by atoms with Gasteiger partial charge in [0, 0.05) is 34.9 Å². The van der Waals surface area contributed by atoms with E-state index in [1.165, 1.54) is 6.92 Å². The van der Waals surface area contributed by atoms with E-state index in [4.69, 9.17) is 11.6 Å². The van der Waals surface area contributed by atoms with E-state index in [9.17, 15) is 14.4 Å². The number of carbonyl (C=O) groups is 3. The first-order valence-electron chi connectivity index (χ1n) is 8.54. The van der Waals surface area contributed by atoms with Gasteiger partial charge in [0.1, 0.15) is 5.15 Å². The van der Waals surface area contributed by atoms with Crippen LogP contribution in [0.2, 0.25) is 5.15 Å². The maximum Gasteiger partial charge on any atom is 0.284 e. The Kier molecular flexibility index (Phi) is 6.26. The summed E-state index contributed by atoms with van der Waals surface area (Å²) in [5.74, 6) is -0.939. The largest absolute Gasteiger partial charge is 0.326 e. The molecule has 3 amide bonds. The van der Waals surface area contributed by atoms with E-state index in [1.54, 1.807) is 47.8 Å². The van der Waals surface area contributed by atoms with Gasteiger partial charge in [-0.2, -0.15) is 0 Å². The predicted molar refractivity (Wildman–Crippen MR) is 115 cm³/mol. The molecule has 0 atom stereocenters. The van der Waals surface area contributed by atoms with Gasteiger partial charge < -0.3 is 16.0 Å². The molecule has 0 radical (unpaired) electrons. The lowest BCUT2D eigenvalue weighted by Gasteiger charge is -2.11. The maximum absolute atomic E-state index is 12.6. The topological polar surface area (TPSA) is 100 Å². The zero-order chi connectivity index (χ0) is 21.0. The zero-order valence-electron chi connectivity index (χ0n) is 15.6. The van der Waals surface area contributed by atoms with Crippen LogP contribution in [0.3, 0.4) is 0 Å². The van der Waals surface area contributed by atoms with Crippen molar-refractivity contribution in [3.63, 3.8) is 0 Å². The molecule has 0 saturated carbocycles. The van der Waals surface area contributed by atoms with Gasteiger partial charge in [-0.3, -0.25) is 14.4 Å². The molecule has 0 aliphatic rings. The number of benzene rings is 2. The van der Waals surface area contributed by atoms with Crippen LogP contribution in [0.1, 0.15) is 32.6 Å². The van der Waals surface area contributed by atoms with E-state index in [0.29, 0.717) is 22.6 Å². The molecular formula is C20H17ClN4O3S. The van der Waals surface area contributed by atoms with E-state index < -0.39 is 0 Å². The number of aryl methyl sites for hydroxylation is 1. The fourth-order valence-corrected chi connectivity index (χ4v) is 3.35. The van der Waals surface area contributed by atoms with E-state index in [2.05, 4.69) is 20.9 Å². The van der Waals surface area contributed by atoms with Crippen LogP contribution in [-0.2, 0) is 4.79 Å². The molecule has 3 N–H and O–H groups in total. The van der Waals surface area contributed by atoms with Crippen molar-refractivity contribution >= 4 is 57.7 Å². The summed E-state index contributed by atoms with van der Waals surface area (Å²) in [4.78, 5) is 40.0. The van der Waals surface area contributed by atoms with Crippen LogP contribution in [0.4, 0.5) is 17.1 Å². The van der Waals surface area contributed by atoms with Crippen LogP contribution in [0.25, 0.3) is 0 Å². The molecule has 0 unspecified atom stereocenters. The molecule has 29 heavy (non-hydrogen) atoms. The highest BCUT2D eigenvalue weighted by Gasteiger charge is 2.12. The smallest absolute Gasteiger partial charge is 0.284 e. The minimum absolute atomic E-state index is 0.212. The van der Waals surface area contributed by atoms with Gasteiger partial charge in [-0.1, -0.05) is 23.7 Å². The van der Waals surface area contributed by atoms with Gasteiger partial charge in [0.25, 0.3) is 11.8 Å². The molecule has 148 valence electrons. The van der Waals surface area contributed by atoms with Gasteiger partial charge in [0.15, 0.2) is 5.01 Å². The second kappa shape index (κ2) is 8.85.